The maximum atomic E-state index is 10.6. The number of carbonyl (C=O) groups is 1. The predicted molar refractivity (Wildman–Crippen MR) is 57.1 cm³/mol. The first-order chi connectivity index (χ1) is 6.18. The molecule has 4 nitrogen and oxygen atoms in total. The van der Waals surface area contributed by atoms with Gasteiger partial charge in [-0.15, -0.1) is 0 Å². The summed E-state index contributed by atoms with van der Waals surface area (Å²) in [5.41, 5.74) is 0. The van der Waals surface area contributed by atoms with E-state index < -0.39 is 6.09 Å². The molecule has 0 radical (unpaired) electrons. The van der Waals surface area contributed by atoms with Crippen LogP contribution in [0, 0.1) is 5.92 Å². The Morgan fingerprint density at radius 2 is 2.08 bits per heavy atom. The van der Waals surface area contributed by atoms with E-state index in [1.807, 2.05) is 0 Å². The number of fused-ring (bicyclic) bond motifs is 3. The van der Waals surface area contributed by atoms with Gasteiger partial charge in [-0.25, -0.2) is 4.79 Å². The normalized spacial score (nSPS) is 43.2. The highest BCUT2D eigenvalue weighted by molar-refractivity contribution is 14.1. The van der Waals surface area contributed by atoms with Gasteiger partial charge in [0, 0.05) is 0 Å². The summed E-state index contributed by atoms with van der Waals surface area (Å²) < 4.78 is 0.348. The van der Waals surface area contributed by atoms with E-state index in [9.17, 15) is 4.79 Å². The number of amides is 1. The van der Waals surface area contributed by atoms with Crippen LogP contribution in [0.3, 0.4) is 0 Å². The number of halogens is 1. The largest absolute Gasteiger partial charge is 0.465 e. The number of nitrogens with one attached hydrogen (secondary N) is 1. The van der Waals surface area contributed by atoms with E-state index in [-0.39, 0.29) is 6.04 Å². The molecule has 2 unspecified atom stereocenters. The molecule has 0 aliphatic carbocycles. The van der Waals surface area contributed by atoms with Crippen molar-refractivity contribution < 1.29 is 9.90 Å². The SMILES string of the molecule is O=C(O)NC1C2CCN(CC2)C1I. The van der Waals surface area contributed by atoms with Gasteiger partial charge >= 0.3 is 6.09 Å². The first-order valence-electron chi connectivity index (χ1n) is 4.56. The molecule has 2 N–H and O–H groups in total. The zero-order chi connectivity index (χ0) is 9.42. The van der Waals surface area contributed by atoms with Crippen molar-refractivity contribution in [3.8, 4) is 0 Å². The van der Waals surface area contributed by atoms with Crippen LogP contribution in [0.4, 0.5) is 4.79 Å². The van der Waals surface area contributed by atoms with E-state index >= 15 is 0 Å². The Kier molecular flexibility index (Phi) is 2.64. The van der Waals surface area contributed by atoms with Crippen LogP contribution < -0.4 is 5.32 Å². The van der Waals surface area contributed by atoms with E-state index in [2.05, 4.69) is 32.8 Å². The lowest BCUT2D eigenvalue weighted by atomic mass is 9.84. The average molecular weight is 296 g/mol. The molecule has 3 aliphatic heterocycles. The molecular formula is C8H13IN2O2. The first kappa shape index (κ1) is 9.51. The molecule has 74 valence electrons. The van der Waals surface area contributed by atoms with Crippen LogP contribution in [0.1, 0.15) is 12.8 Å². The maximum absolute atomic E-state index is 10.6. The number of hydrogen-bond acceptors (Lipinski definition) is 2. The Morgan fingerprint density at radius 1 is 1.46 bits per heavy atom. The molecule has 3 rings (SSSR count). The summed E-state index contributed by atoms with van der Waals surface area (Å²) in [6, 6.07) is 0.139. The van der Waals surface area contributed by atoms with Gasteiger partial charge in [0.1, 0.15) is 0 Å². The van der Waals surface area contributed by atoms with Gasteiger partial charge in [-0.3, -0.25) is 4.90 Å². The second-order valence-corrected chi connectivity index (χ2v) is 5.00. The molecule has 3 heterocycles. The Hall–Kier alpha value is -0.0400. The third-order valence-electron chi connectivity index (χ3n) is 3.02. The van der Waals surface area contributed by atoms with Gasteiger partial charge in [-0.1, -0.05) is 22.6 Å². The molecule has 1 amide bonds. The van der Waals surface area contributed by atoms with Gasteiger partial charge in [0.25, 0.3) is 0 Å². The van der Waals surface area contributed by atoms with Gasteiger partial charge in [-0.05, 0) is 31.8 Å². The minimum Gasteiger partial charge on any atom is -0.465 e. The molecule has 2 atom stereocenters. The summed E-state index contributed by atoms with van der Waals surface area (Å²) in [7, 11) is 0. The molecule has 13 heavy (non-hydrogen) atoms. The Balaban J connectivity index is 2.05. The van der Waals surface area contributed by atoms with Gasteiger partial charge in [0.05, 0.1) is 10.1 Å². The fourth-order valence-corrected chi connectivity index (χ4v) is 3.63. The van der Waals surface area contributed by atoms with Crippen LogP contribution in [0.2, 0.25) is 0 Å². The summed E-state index contributed by atoms with van der Waals surface area (Å²) in [5.74, 6) is 0.558. The first-order valence-corrected chi connectivity index (χ1v) is 5.80. The zero-order valence-corrected chi connectivity index (χ0v) is 9.40. The fraction of sp³-hybridized carbons (Fsp3) is 0.875. The lowest BCUT2D eigenvalue weighted by molar-refractivity contribution is 0.0624. The molecule has 0 aromatic heterocycles. The molecule has 0 spiro atoms. The number of carboxylic acid groups (broad SMARTS) is 1. The maximum Gasteiger partial charge on any atom is 0.404 e. The van der Waals surface area contributed by atoms with Crippen molar-refractivity contribution in [3.05, 3.63) is 0 Å². The smallest absolute Gasteiger partial charge is 0.404 e. The highest BCUT2D eigenvalue weighted by Gasteiger charge is 2.41. The van der Waals surface area contributed by atoms with Crippen molar-refractivity contribution in [2.75, 3.05) is 13.1 Å². The molecule has 2 bridgehead atoms. The van der Waals surface area contributed by atoms with Gasteiger partial charge in [0.15, 0.2) is 0 Å². The fourth-order valence-electron chi connectivity index (χ4n) is 2.31. The van der Waals surface area contributed by atoms with Crippen molar-refractivity contribution in [1.29, 1.82) is 0 Å². The molecule has 0 aromatic carbocycles. The van der Waals surface area contributed by atoms with Crippen LogP contribution in [-0.2, 0) is 0 Å². The third kappa shape index (κ3) is 1.76. The van der Waals surface area contributed by atoms with E-state index in [0.29, 0.717) is 9.97 Å². The lowest BCUT2D eigenvalue weighted by Gasteiger charge is -2.48. The molecular weight excluding hydrogens is 283 g/mol. The quantitative estimate of drug-likeness (QED) is 0.433. The number of rotatable bonds is 1. The molecule has 3 fully saturated rings. The second-order valence-electron chi connectivity index (χ2n) is 3.72. The molecule has 3 saturated heterocycles. The number of alkyl halides is 1. The van der Waals surface area contributed by atoms with Crippen molar-refractivity contribution in [3.63, 3.8) is 0 Å². The van der Waals surface area contributed by atoms with Crippen molar-refractivity contribution in [2.24, 2.45) is 5.92 Å². The monoisotopic (exact) mass is 296 g/mol. The molecule has 0 saturated carbocycles. The Bertz CT molecular complexity index is 214. The van der Waals surface area contributed by atoms with Gasteiger partial charge < -0.3 is 10.4 Å². The number of hydrogen-bond donors (Lipinski definition) is 2. The Labute approximate surface area is 90.8 Å². The average Bonchev–Trinajstić information content (AvgIpc) is 2.11. The lowest BCUT2D eigenvalue weighted by Crippen LogP contribution is -2.61. The number of nitrogens with zero attached hydrogens (tertiary/aromatic N) is 1. The molecule has 0 aromatic rings. The van der Waals surface area contributed by atoms with Crippen molar-refractivity contribution in [1.82, 2.24) is 10.2 Å². The Morgan fingerprint density at radius 3 is 2.54 bits per heavy atom. The summed E-state index contributed by atoms with van der Waals surface area (Å²) in [6.45, 7) is 2.27. The minimum absolute atomic E-state index is 0.139. The van der Waals surface area contributed by atoms with E-state index in [1.54, 1.807) is 0 Å². The van der Waals surface area contributed by atoms with E-state index in [0.717, 1.165) is 25.9 Å². The van der Waals surface area contributed by atoms with Crippen molar-refractivity contribution >= 4 is 28.7 Å². The minimum atomic E-state index is -0.889. The molecule has 5 heteroatoms. The van der Waals surface area contributed by atoms with Crippen LogP contribution in [-0.4, -0.2) is 39.3 Å². The topological polar surface area (TPSA) is 52.6 Å². The highest BCUT2D eigenvalue weighted by atomic mass is 127. The van der Waals surface area contributed by atoms with Gasteiger partial charge in [0.2, 0.25) is 0 Å². The van der Waals surface area contributed by atoms with Gasteiger partial charge in [-0.2, -0.15) is 0 Å². The summed E-state index contributed by atoms with van der Waals surface area (Å²) in [6.07, 6.45) is 1.40. The number of piperidine rings is 3. The van der Waals surface area contributed by atoms with Crippen LogP contribution in [0.15, 0.2) is 0 Å². The van der Waals surface area contributed by atoms with E-state index in [1.165, 1.54) is 0 Å². The summed E-state index contributed by atoms with van der Waals surface area (Å²) in [4.78, 5) is 12.9. The standard InChI is InChI=1S/C8H13IN2O2/c9-7-6(10-8(12)13)5-1-3-11(7)4-2-5/h5-7,10H,1-4H2,(H,12,13). The zero-order valence-electron chi connectivity index (χ0n) is 7.24. The third-order valence-corrected chi connectivity index (χ3v) is 4.58. The van der Waals surface area contributed by atoms with Crippen LogP contribution in [0.5, 0.6) is 0 Å². The highest BCUT2D eigenvalue weighted by Crippen LogP contribution is 2.35. The predicted octanol–water partition coefficient (Wildman–Crippen LogP) is 1.11. The van der Waals surface area contributed by atoms with E-state index in [4.69, 9.17) is 5.11 Å². The van der Waals surface area contributed by atoms with Crippen LogP contribution in [0.25, 0.3) is 0 Å². The second kappa shape index (κ2) is 3.61. The summed E-state index contributed by atoms with van der Waals surface area (Å²) in [5, 5.41) is 11.3. The molecule has 3 aliphatic rings. The summed E-state index contributed by atoms with van der Waals surface area (Å²) >= 11 is 2.34. The van der Waals surface area contributed by atoms with Crippen molar-refractivity contribution in [2.45, 2.75) is 22.9 Å². The van der Waals surface area contributed by atoms with Crippen LogP contribution >= 0.6 is 22.6 Å².